The zero-order valence-corrected chi connectivity index (χ0v) is 19.5. The number of likely N-dealkylation sites (N-methyl/N-ethyl adjacent to an activating group) is 1. The van der Waals surface area contributed by atoms with Gasteiger partial charge in [-0.2, -0.15) is 0 Å². The monoisotopic (exact) mass is 492 g/mol. The van der Waals surface area contributed by atoms with Crippen LogP contribution in [0.3, 0.4) is 0 Å². The molecule has 2 saturated heterocycles. The number of benzene rings is 1. The number of halogens is 3. The number of carbonyl (C=O) groups excluding carboxylic acids is 1. The molecule has 2 aliphatic rings. The Balaban J connectivity index is 1.52. The lowest BCUT2D eigenvalue weighted by molar-refractivity contribution is -0.135. The number of likely N-dealkylation sites (tertiary alicyclic amines) is 1. The number of aromatic nitrogens is 1. The van der Waals surface area contributed by atoms with Crippen molar-refractivity contribution in [1.29, 1.82) is 0 Å². The van der Waals surface area contributed by atoms with Crippen LogP contribution in [0.25, 0.3) is 0 Å². The van der Waals surface area contributed by atoms with Crippen molar-refractivity contribution in [1.82, 2.24) is 14.8 Å². The molecule has 0 saturated carbocycles. The summed E-state index contributed by atoms with van der Waals surface area (Å²) in [6.45, 7) is 3.40. The number of hydrogen-bond donors (Lipinski definition) is 1. The average molecular weight is 493 g/mol. The normalized spacial score (nSPS) is 24.8. The number of hydrogen-bond acceptors (Lipinski definition) is 4. The molecular formula is C24H27ClF2N4O3. The third kappa shape index (κ3) is 4.80. The van der Waals surface area contributed by atoms with Crippen LogP contribution in [0.1, 0.15) is 24.8 Å². The number of amides is 2. The molecule has 2 unspecified atom stereocenters. The largest absolute Gasteiger partial charge is 0.465 e. The first-order chi connectivity index (χ1) is 16.3. The first-order valence-electron chi connectivity index (χ1n) is 11.3. The molecule has 7 nitrogen and oxygen atoms in total. The van der Waals surface area contributed by atoms with Crippen molar-refractivity contribution < 1.29 is 23.5 Å². The second-order valence-corrected chi connectivity index (χ2v) is 9.26. The van der Waals surface area contributed by atoms with Gasteiger partial charge in [0.2, 0.25) is 5.91 Å². The molecule has 4 atom stereocenters. The van der Waals surface area contributed by atoms with Gasteiger partial charge in [0, 0.05) is 44.8 Å². The molecule has 2 aliphatic heterocycles. The second kappa shape index (κ2) is 10.1. The lowest BCUT2D eigenvalue weighted by atomic mass is 9.93. The van der Waals surface area contributed by atoms with Crippen LogP contribution in [-0.4, -0.2) is 76.0 Å². The molecule has 3 heterocycles. The summed E-state index contributed by atoms with van der Waals surface area (Å²) in [5.41, 5.74) is 0.464. The SMILES string of the molecule is CCN(C(=O)O)[C@@H]1CN(C(=O)C2CCN(c3ccccn3)CC2Cl)C[C@H]1c1ccc(F)c(F)c1. The number of anilines is 1. The van der Waals surface area contributed by atoms with Gasteiger partial charge in [0.05, 0.1) is 17.3 Å². The highest BCUT2D eigenvalue weighted by Gasteiger charge is 2.44. The van der Waals surface area contributed by atoms with Crippen LogP contribution in [0.15, 0.2) is 42.6 Å². The predicted molar refractivity (Wildman–Crippen MR) is 124 cm³/mol. The summed E-state index contributed by atoms with van der Waals surface area (Å²) in [7, 11) is 0. The predicted octanol–water partition coefficient (Wildman–Crippen LogP) is 3.79. The van der Waals surface area contributed by atoms with E-state index in [2.05, 4.69) is 4.98 Å². The molecule has 4 rings (SSSR count). The minimum Gasteiger partial charge on any atom is -0.465 e. The Labute approximate surface area is 201 Å². The van der Waals surface area contributed by atoms with Crippen molar-refractivity contribution in [2.24, 2.45) is 5.92 Å². The summed E-state index contributed by atoms with van der Waals surface area (Å²) in [6, 6.07) is 8.63. The number of carbonyl (C=O) groups is 2. The van der Waals surface area contributed by atoms with Crippen LogP contribution >= 0.6 is 11.6 Å². The van der Waals surface area contributed by atoms with Gasteiger partial charge in [-0.1, -0.05) is 12.1 Å². The minimum absolute atomic E-state index is 0.141. The fraction of sp³-hybridized carbons (Fsp3) is 0.458. The van der Waals surface area contributed by atoms with Crippen LogP contribution in [0.4, 0.5) is 19.4 Å². The van der Waals surface area contributed by atoms with E-state index in [1.807, 2.05) is 23.1 Å². The minimum atomic E-state index is -1.12. The highest BCUT2D eigenvalue weighted by Crippen LogP contribution is 2.35. The summed E-state index contributed by atoms with van der Waals surface area (Å²) in [5, 5.41) is 9.27. The highest BCUT2D eigenvalue weighted by molar-refractivity contribution is 6.22. The molecule has 0 spiro atoms. The molecule has 0 radical (unpaired) electrons. The smallest absolute Gasteiger partial charge is 0.407 e. The average Bonchev–Trinajstić information content (AvgIpc) is 3.26. The van der Waals surface area contributed by atoms with Gasteiger partial charge in [-0.05, 0) is 43.2 Å². The number of rotatable bonds is 5. The van der Waals surface area contributed by atoms with Gasteiger partial charge in [-0.15, -0.1) is 11.6 Å². The Kier molecular flexibility index (Phi) is 7.21. The number of pyridine rings is 1. The Bertz CT molecular complexity index is 1040. The van der Waals surface area contributed by atoms with E-state index in [0.29, 0.717) is 25.1 Å². The Hall–Kier alpha value is -2.94. The van der Waals surface area contributed by atoms with Crippen LogP contribution in [0, 0.1) is 17.6 Å². The molecule has 1 N–H and O–H groups in total. The third-order valence-electron chi connectivity index (χ3n) is 6.79. The molecule has 1 aromatic heterocycles. The summed E-state index contributed by atoms with van der Waals surface area (Å²) >= 11 is 6.66. The van der Waals surface area contributed by atoms with Gasteiger partial charge < -0.3 is 19.8 Å². The number of nitrogens with zero attached hydrogens (tertiary/aromatic N) is 4. The maximum Gasteiger partial charge on any atom is 0.407 e. The number of carboxylic acid groups (broad SMARTS) is 1. The van der Waals surface area contributed by atoms with Crippen LogP contribution in [0.2, 0.25) is 0 Å². The summed E-state index contributed by atoms with van der Waals surface area (Å²) < 4.78 is 27.5. The first-order valence-corrected chi connectivity index (χ1v) is 11.8. The molecule has 34 heavy (non-hydrogen) atoms. The van der Waals surface area contributed by atoms with E-state index in [1.165, 1.54) is 11.0 Å². The molecule has 10 heteroatoms. The Morgan fingerprint density at radius 1 is 1.18 bits per heavy atom. The fourth-order valence-electron chi connectivity index (χ4n) is 5.03. The van der Waals surface area contributed by atoms with Gasteiger partial charge in [0.1, 0.15) is 5.82 Å². The van der Waals surface area contributed by atoms with Gasteiger partial charge >= 0.3 is 6.09 Å². The molecule has 2 aromatic rings. The van der Waals surface area contributed by atoms with E-state index >= 15 is 0 Å². The van der Waals surface area contributed by atoms with Crippen molar-refractivity contribution in [3.63, 3.8) is 0 Å². The highest BCUT2D eigenvalue weighted by atomic mass is 35.5. The molecule has 0 bridgehead atoms. The Morgan fingerprint density at radius 2 is 1.97 bits per heavy atom. The van der Waals surface area contributed by atoms with E-state index in [0.717, 1.165) is 18.0 Å². The van der Waals surface area contributed by atoms with Crippen LogP contribution in [0.5, 0.6) is 0 Å². The van der Waals surface area contributed by atoms with Crippen molar-refractivity contribution >= 4 is 29.4 Å². The summed E-state index contributed by atoms with van der Waals surface area (Å²) in [5.74, 6) is -2.21. The van der Waals surface area contributed by atoms with E-state index in [-0.39, 0.29) is 25.5 Å². The van der Waals surface area contributed by atoms with Gasteiger partial charge in [-0.25, -0.2) is 18.6 Å². The van der Waals surface area contributed by atoms with Crippen molar-refractivity contribution in [3.05, 3.63) is 59.8 Å². The van der Waals surface area contributed by atoms with Gasteiger partial charge in [0.15, 0.2) is 11.6 Å². The fourth-order valence-corrected chi connectivity index (χ4v) is 5.43. The standard InChI is InChI=1S/C24H27ClF2N4O3/c1-2-31(24(33)34)21-14-30(12-17(21)15-6-7-19(26)20(27)11-15)23(32)16-8-10-29(13-18(16)25)22-5-3-4-9-28-22/h3-7,9,11,16-18,21H,2,8,10,12-14H2,1H3,(H,33,34)/t16?,17-,18?,21+/m0/s1. The molecular weight excluding hydrogens is 466 g/mol. The number of alkyl halides is 1. The third-order valence-corrected chi connectivity index (χ3v) is 7.23. The van der Waals surface area contributed by atoms with E-state index in [1.54, 1.807) is 18.0 Å². The molecule has 2 fully saturated rings. The lowest BCUT2D eigenvalue weighted by Crippen LogP contribution is -2.49. The van der Waals surface area contributed by atoms with Crippen LogP contribution in [-0.2, 0) is 4.79 Å². The zero-order chi connectivity index (χ0) is 24.4. The molecule has 0 aliphatic carbocycles. The maximum atomic E-state index is 14.0. The topological polar surface area (TPSA) is 77.0 Å². The van der Waals surface area contributed by atoms with Crippen molar-refractivity contribution in [2.75, 3.05) is 37.6 Å². The quantitative estimate of drug-likeness (QED) is 0.643. The Morgan fingerprint density at radius 3 is 2.59 bits per heavy atom. The maximum absolute atomic E-state index is 14.0. The van der Waals surface area contributed by atoms with Gasteiger partial charge in [0.25, 0.3) is 0 Å². The van der Waals surface area contributed by atoms with E-state index in [4.69, 9.17) is 11.6 Å². The molecule has 1 aromatic carbocycles. The summed E-state index contributed by atoms with van der Waals surface area (Å²) in [6.07, 6.45) is 1.13. The second-order valence-electron chi connectivity index (χ2n) is 8.70. The van der Waals surface area contributed by atoms with Crippen molar-refractivity contribution in [2.45, 2.75) is 30.7 Å². The molecule has 182 valence electrons. The lowest BCUT2D eigenvalue weighted by Gasteiger charge is -2.37. The van der Waals surface area contributed by atoms with E-state index < -0.39 is 41.0 Å². The van der Waals surface area contributed by atoms with E-state index in [9.17, 15) is 23.5 Å². The summed E-state index contributed by atoms with van der Waals surface area (Å²) in [4.78, 5) is 34.6. The zero-order valence-electron chi connectivity index (χ0n) is 18.8. The number of piperidine rings is 1. The van der Waals surface area contributed by atoms with Crippen LogP contribution < -0.4 is 4.90 Å². The first kappa shape index (κ1) is 24.2. The molecule has 2 amide bonds. The van der Waals surface area contributed by atoms with Gasteiger partial charge in [-0.3, -0.25) is 4.79 Å². The van der Waals surface area contributed by atoms with Crippen molar-refractivity contribution in [3.8, 4) is 0 Å².